The molecule has 0 radical (unpaired) electrons. The van der Waals surface area contributed by atoms with E-state index in [-0.39, 0.29) is 5.41 Å². The van der Waals surface area contributed by atoms with Gasteiger partial charge in [-0.15, -0.1) is 0 Å². The molecule has 218 valence electrons. The Labute approximate surface area is 247 Å². The molecule has 0 amide bonds. The predicted molar refractivity (Wildman–Crippen MR) is 168 cm³/mol. The van der Waals surface area contributed by atoms with E-state index in [4.69, 9.17) is 0 Å². The molecule has 1 unspecified atom stereocenters. The maximum atomic E-state index is 12.0. The molecule has 0 aliphatic heterocycles. The first-order valence-corrected chi connectivity index (χ1v) is 18.2. The Morgan fingerprint density at radius 3 is 2.59 bits per heavy atom. The van der Waals surface area contributed by atoms with E-state index in [1.807, 2.05) is 24.4 Å². The van der Waals surface area contributed by atoms with Crippen molar-refractivity contribution in [1.29, 1.82) is 0 Å². The van der Waals surface area contributed by atoms with E-state index in [0.717, 1.165) is 66.3 Å². The molecular weight excluding hydrogens is 517 g/mol. The fraction of sp³-hybridized carbons (Fsp3) is 0.794. The van der Waals surface area contributed by atoms with Gasteiger partial charge in [-0.1, -0.05) is 78.5 Å². The Morgan fingerprint density at radius 1 is 1.05 bits per heavy atom. The zero-order valence-corrected chi connectivity index (χ0v) is 27.1. The summed E-state index contributed by atoms with van der Waals surface area (Å²) in [5.74, 6) is 5.14. The second kappa shape index (κ2) is 12.0. The minimum absolute atomic E-state index is 0.260. The summed E-state index contributed by atoms with van der Waals surface area (Å²) in [6, 6.07) is 6.04. The van der Waals surface area contributed by atoms with Crippen LogP contribution in [0.1, 0.15) is 112 Å². The maximum absolute atomic E-state index is 12.0. The summed E-state index contributed by atoms with van der Waals surface area (Å²) in [6.07, 6.45) is 18.4. The molecule has 4 aliphatic rings. The number of nitrogens with zero attached hydrogens (tertiary/aromatic N) is 2. The van der Waals surface area contributed by atoms with Crippen LogP contribution in [0.2, 0.25) is 0 Å². The highest BCUT2D eigenvalue weighted by molar-refractivity contribution is 8.75. The Hall–Kier alpha value is -0.490. The van der Waals surface area contributed by atoms with Crippen molar-refractivity contribution in [3.8, 4) is 0 Å². The van der Waals surface area contributed by atoms with Crippen molar-refractivity contribution in [3.05, 3.63) is 36.0 Å². The van der Waals surface area contributed by atoms with E-state index in [1.54, 1.807) is 27.3 Å². The summed E-state index contributed by atoms with van der Waals surface area (Å²) in [6.45, 7) is 15.6. The Morgan fingerprint density at radius 2 is 1.87 bits per heavy atom. The monoisotopic (exact) mass is 570 g/mol. The summed E-state index contributed by atoms with van der Waals surface area (Å²) in [4.78, 5) is 4.47. The van der Waals surface area contributed by atoms with Gasteiger partial charge in [0, 0.05) is 30.1 Å². The number of rotatable bonds is 10. The van der Waals surface area contributed by atoms with Crippen LogP contribution in [0.4, 0.5) is 0 Å². The fourth-order valence-electron chi connectivity index (χ4n) is 9.76. The van der Waals surface area contributed by atoms with Crippen molar-refractivity contribution in [2.24, 2.45) is 46.3 Å². The molecule has 0 spiro atoms. The van der Waals surface area contributed by atoms with Gasteiger partial charge in [0.2, 0.25) is 0 Å². The summed E-state index contributed by atoms with van der Waals surface area (Å²) >= 11 is 0. The van der Waals surface area contributed by atoms with Crippen molar-refractivity contribution in [1.82, 2.24) is 9.29 Å². The predicted octanol–water partition coefficient (Wildman–Crippen LogP) is 9.79. The molecule has 3 saturated carbocycles. The summed E-state index contributed by atoms with van der Waals surface area (Å²) < 4.78 is 2.22. The number of aliphatic hydroxyl groups is 1. The van der Waals surface area contributed by atoms with Crippen LogP contribution in [0.3, 0.4) is 0 Å². The first kappa shape index (κ1) is 30.0. The van der Waals surface area contributed by atoms with Gasteiger partial charge in [-0.3, -0.25) is 0 Å². The topological polar surface area (TPSA) is 36.4 Å². The van der Waals surface area contributed by atoms with Crippen molar-refractivity contribution in [2.45, 2.75) is 123 Å². The highest BCUT2D eigenvalue weighted by atomic mass is 33.1. The normalized spacial score (nSPS) is 38.7. The zero-order chi connectivity index (χ0) is 27.8. The number of hydrogen-bond donors (Lipinski definition) is 1. The molecule has 0 saturated heterocycles. The Bertz CT molecular complexity index is 1000. The van der Waals surface area contributed by atoms with Crippen LogP contribution in [0, 0.1) is 46.3 Å². The third kappa shape index (κ3) is 5.77. The van der Waals surface area contributed by atoms with Crippen molar-refractivity contribution >= 4 is 21.8 Å². The Kier molecular flexibility index (Phi) is 9.24. The van der Waals surface area contributed by atoms with E-state index >= 15 is 0 Å². The fourth-order valence-corrected chi connectivity index (χ4v) is 12.1. The van der Waals surface area contributed by atoms with Gasteiger partial charge < -0.3 is 5.11 Å². The lowest BCUT2D eigenvalue weighted by molar-refractivity contribution is -0.110. The molecule has 39 heavy (non-hydrogen) atoms. The van der Waals surface area contributed by atoms with Gasteiger partial charge in [-0.05, 0) is 114 Å². The van der Waals surface area contributed by atoms with Gasteiger partial charge in [0.25, 0.3) is 0 Å². The second-order valence-corrected chi connectivity index (χ2v) is 16.6. The lowest BCUT2D eigenvalue weighted by Gasteiger charge is -2.60. The van der Waals surface area contributed by atoms with E-state index in [1.165, 1.54) is 51.4 Å². The van der Waals surface area contributed by atoms with Gasteiger partial charge in [0.15, 0.2) is 0 Å². The molecule has 4 aliphatic carbocycles. The molecule has 8 atom stereocenters. The first-order chi connectivity index (χ1) is 18.6. The molecule has 5 rings (SSSR count). The Balaban J connectivity index is 1.27. The number of pyridine rings is 1. The van der Waals surface area contributed by atoms with Crippen LogP contribution in [0.5, 0.6) is 0 Å². The van der Waals surface area contributed by atoms with E-state index in [2.05, 4.69) is 56.9 Å². The van der Waals surface area contributed by atoms with Crippen LogP contribution >= 0.6 is 21.8 Å². The average Bonchev–Trinajstić information content (AvgIpc) is 3.27. The lowest BCUT2D eigenvalue weighted by atomic mass is 9.46. The first-order valence-electron chi connectivity index (χ1n) is 16.1. The van der Waals surface area contributed by atoms with Crippen LogP contribution in [-0.2, 0) is 0 Å². The van der Waals surface area contributed by atoms with Crippen molar-refractivity contribution in [2.75, 3.05) is 6.54 Å². The second-order valence-electron chi connectivity index (χ2n) is 14.5. The zero-order valence-electron chi connectivity index (χ0n) is 25.5. The SMILES string of the molecule is CCN(SSc1ccccn1)C1(O)CC[C@@]2(C)C(=CC[C@H]3[C@@H]4CC[C@H]([C@H](C)CCCC(C)C)[C@@]4(C)CC[C@@H]32)C1. The molecule has 3 fully saturated rings. The van der Waals surface area contributed by atoms with Crippen molar-refractivity contribution in [3.63, 3.8) is 0 Å². The largest absolute Gasteiger partial charge is 0.374 e. The molecule has 1 N–H and O–H groups in total. The number of fused-ring (bicyclic) bond motifs is 5. The van der Waals surface area contributed by atoms with Gasteiger partial charge in [-0.25, -0.2) is 9.29 Å². The quantitative estimate of drug-likeness (QED) is 0.131. The third-order valence-corrected chi connectivity index (χ3v) is 14.5. The standard InChI is InChI=1S/C34H54N2OS2/c1-7-36(39-38-31-13-8-9-22-35-31)34(37)21-20-32(5)26(23-34)14-15-27-29-17-16-28(25(4)12-10-11-24(2)3)33(29,6)19-18-30(27)32/h8-9,13-14,22,24-25,27-30,37H,7,10-12,15-21,23H2,1-6H3/t25-,27+,28-,29+,30+,32+,33-,34?/m1/s1. The average molecular weight is 571 g/mol. The smallest absolute Gasteiger partial charge is 0.131 e. The minimum Gasteiger partial charge on any atom is -0.374 e. The highest BCUT2D eigenvalue weighted by Gasteiger charge is 2.60. The molecule has 1 aromatic heterocycles. The number of aromatic nitrogens is 1. The van der Waals surface area contributed by atoms with Crippen LogP contribution in [0.25, 0.3) is 0 Å². The molecule has 0 aromatic carbocycles. The third-order valence-electron chi connectivity index (χ3n) is 11.9. The van der Waals surface area contributed by atoms with Gasteiger partial charge in [0.1, 0.15) is 10.8 Å². The minimum atomic E-state index is -0.771. The molecular formula is C34H54N2OS2. The molecule has 3 nitrogen and oxygen atoms in total. The summed E-state index contributed by atoms with van der Waals surface area (Å²) in [7, 11) is 3.34. The van der Waals surface area contributed by atoms with Crippen molar-refractivity contribution < 1.29 is 5.11 Å². The maximum Gasteiger partial charge on any atom is 0.131 e. The van der Waals surface area contributed by atoms with E-state index < -0.39 is 5.72 Å². The number of allylic oxidation sites excluding steroid dienone is 1. The molecule has 5 heteroatoms. The van der Waals surface area contributed by atoms with Gasteiger partial charge in [-0.2, -0.15) is 0 Å². The van der Waals surface area contributed by atoms with Crippen LogP contribution in [-0.4, -0.2) is 26.7 Å². The van der Waals surface area contributed by atoms with Crippen LogP contribution in [0.15, 0.2) is 41.1 Å². The van der Waals surface area contributed by atoms with Gasteiger partial charge >= 0.3 is 0 Å². The lowest BCUT2D eigenvalue weighted by Crippen LogP contribution is -2.55. The molecule has 1 heterocycles. The molecule has 0 bridgehead atoms. The van der Waals surface area contributed by atoms with Gasteiger partial charge in [0.05, 0.1) is 0 Å². The van der Waals surface area contributed by atoms with E-state index in [0.29, 0.717) is 5.41 Å². The number of hydrogen-bond acceptors (Lipinski definition) is 5. The highest BCUT2D eigenvalue weighted by Crippen LogP contribution is 2.68. The van der Waals surface area contributed by atoms with E-state index in [9.17, 15) is 5.11 Å². The van der Waals surface area contributed by atoms with Crippen LogP contribution < -0.4 is 0 Å². The summed E-state index contributed by atoms with van der Waals surface area (Å²) in [5, 5.41) is 13.0. The molecule has 1 aromatic rings. The summed E-state index contributed by atoms with van der Waals surface area (Å²) in [5.41, 5.74) is 1.58.